The summed E-state index contributed by atoms with van der Waals surface area (Å²) < 4.78 is 29.8. The lowest BCUT2D eigenvalue weighted by Crippen LogP contribution is -2.73. The maximum Gasteiger partial charge on any atom is 0.277 e. The van der Waals surface area contributed by atoms with Crippen LogP contribution in [0, 0.1) is 0 Å². The van der Waals surface area contributed by atoms with E-state index >= 15 is 0 Å². The van der Waals surface area contributed by atoms with Crippen LogP contribution < -0.4 is 0 Å². The van der Waals surface area contributed by atoms with Crippen molar-refractivity contribution in [2.45, 2.75) is 58.5 Å². The summed E-state index contributed by atoms with van der Waals surface area (Å²) in [5.74, 6) is -2.82. The van der Waals surface area contributed by atoms with E-state index in [-0.39, 0.29) is 0 Å². The summed E-state index contributed by atoms with van der Waals surface area (Å²) in [6.07, 6.45) is 0. The molecule has 0 aromatic heterocycles. The van der Waals surface area contributed by atoms with Crippen LogP contribution in [0.3, 0.4) is 0 Å². The monoisotopic (exact) mass is 354 g/mol. The lowest BCUT2D eigenvalue weighted by molar-refractivity contribution is -0.527. The number of hydrogen-bond acceptors (Lipinski definition) is 7. The highest BCUT2D eigenvalue weighted by molar-refractivity contribution is 6.14. The fourth-order valence-electron chi connectivity index (χ4n) is 2.78. The highest BCUT2D eigenvalue weighted by Gasteiger charge is 2.67. The Bertz CT molecular complexity index is 272. The van der Waals surface area contributed by atoms with E-state index in [4.69, 9.17) is 33.5 Å². The third-order valence-electron chi connectivity index (χ3n) is 3.39. The van der Waals surface area contributed by atoms with Gasteiger partial charge in [0.25, 0.3) is 11.6 Å². The van der Waals surface area contributed by atoms with Gasteiger partial charge >= 0.3 is 0 Å². The Morgan fingerprint density at radius 1 is 0.696 bits per heavy atom. The summed E-state index contributed by atoms with van der Waals surface area (Å²) in [6, 6.07) is 0. The van der Waals surface area contributed by atoms with Crippen molar-refractivity contribution in [3.8, 4) is 0 Å². The van der Waals surface area contributed by atoms with Crippen LogP contribution in [0.5, 0.6) is 0 Å². The number of rotatable bonds is 14. The molecule has 0 aromatic rings. The highest BCUT2D eigenvalue weighted by atomic mass is 28.1. The Morgan fingerprint density at radius 3 is 1.39 bits per heavy atom. The van der Waals surface area contributed by atoms with Gasteiger partial charge in [0.1, 0.15) is 0 Å². The van der Waals surface area contributed by atoms with E-state index in [1.807, 2.05) is 34.6 Å². The molecule has 0 aromatic carbocycles. The van der Waals surface area contributed by atoms with Gasteiger partial charge in [0.05, 0.1) is 17.4 Å². The third-order valence-corrected chi connectivity index (χ3v) is 4.63. The van der Waals surface area contributed by atoms with Crippen molar-refractivity contribution >= 4 is 10.2 Å². The molecule has 0 aliphatic rings. The van der Waals surface area contributed by atoms with Crippen molar-refractivity contribution in [2.75, 3.05) is 40.1 Å². The van der Waals surface area contributed by atoms with E-state index in [0.717, 1.165) is 0 Å². The highest BCUT2D eigenvalue weighted by Crippen LogP contribution is 2.42. The van der Waals surface area contributed by atoms with Crippen LogP contribution in [0.4, 0.5) is 0 Å². The van der Waals surface area contributed by atoms with E-state index in [2.05, 4.69) is 0 Å². The summed E-state index contributed by atoms with van der Waals surface area (Å²) in [6.45, 7) is 13.0. The first-order chi connectivity index (χ1) is 10.9. The molecule has 0 saturated carbocycles. The zero-order valence-electron chi connectivity index (χ0n) is 15.9. The van der Waals surface area contributed by atoms with Crippen molar-refractivity contribution in [2.24, 2.45) is 0 Å². The Kier molecular flexibility index (Phi) is 10.7. The number of hydrogen-bond donors (Lipinski definition) is 0. The maximum absolute atomic E-state index is 6.04. The van der Waals surface area contributed by atoms with Crippen LogP contribution in [0.2, 0.25) is 0 Å². The molecule has 0 fully saturated rings. The third kappa shape index (κ3) is 4.96. The largest absolute Gasteiger partial charge is 0.350 e. The average molecular weight is 355 g/mol. The minimum Gasteiger partial charge on any atom is -0.350 e. The second-order valence-corrected chi connectivity index (χ2v) is 6.24. The molecule has 0 amide bonds. The second kappa shape index (κ2) is 10.7. The summed E-state index contributed by atoms with van der Waals surface area (Å²) >= 11 is 0. The number of ether oxygens (including phenoxy) is 5. The first-order valence-corrected chi connectivity index (χ1v) is 9.28. The van der Waals surface area contributed by atoms with E-state index in [1.165, 1.54) is 7.11 Å². The molecular formula is C15H34O7Si. The second-order valence-electron chi connectivity index (χ2n) is 4.92. The predicted molar refractivity (Wildman–Crippen MR) is 90.0 cm³/mol. The Labute approximate surface area is 143 Å². The maximum atomic E-state index is 6.04. The Hall–Kier alpha value is -0.0631. The molecule has 140 valence electrons. The van der Waals surface area contributed by atoms with Crippen molar-refractivity contribution in [3.05, 3.63) is 0 Å². The molecule has 0 N–H and O–H groups in total. The van der Waals surface area contributed by atoms with Gasteiger partial charge in [-0.3, -0.25) is 0 Å². The van der Waals surface area contributed by atoms with Gasteiger partial charge in [0, 0.05) is 33.0 Å². The molecule has 1 atom stereocenters. The van der Waals surface area contributed by atoms with Crippen LogP contribution in [0.25, 0.3) is 0 Å². The molecule has 0 aliphatic heterocycles. The predicted octanol–water partition coefficient (Wildman–Crippen LogP) is 1.18. The van der Waals surface area contributed by atoms with Gasteiger partial charge in [-0.2, -0.15) is 4.89 Å². The van der Waals surface area contributed by atoms with Gasteiger partial charge in [-0.1, -0.05) is 0 Å². The molecule has 1 unspecified atom stereocenters. The zero-order chi connectivity index (χ0) is 18.0. The minimum absolute atomic E-state index is 0.361. The summed E-state index contributed by atoms with van der Waals surface area (Å²) in [5, 5.41) is 0. The van der Waals surface area contributed by atoms with Gasteiger partial charge in [0.15, 0.2) is 5.41 Å². The quantitative estimate of drug-likeness (QED) is 0.201. The molecular weight excluding hydrogens is 320 g/mol. The van der Waals surface area contributed by atoms with Crippen molar-refractivity contribution in [1.29, 1.82) is 0 Å². The lowest BCUT2D eigenvalue weighted by Gasteiger charge is -2.53. The van der Waals surface area contributed by atoms with E-state index in [9.17, 15) is 0 Å². The van der Waals surface area contributed by atoms with Gasteiger partial charge < -0.3 is 23.7 Å². The van der Waals surface area contributed by atoms with Crippen molar-refractivity contribution in [3.63, 3.8) is 0 Å². The molecule has 7 nitrogen and oxygen atoms in total. The van der Waals surface area contributed by atoms with E-state index in [0.29, 0.717) is 43.3 Å². The molecule has 0 spiro atoms. The average Bonchev–Trinajstić information content (AvgIpc) is 2.47. The molecule has 0 saturated heterocycles. The normalized spacial score (nSPS) is 15.8. The van der Waals surface area contributed by atoms with Crippen LogP contribution in [-0.2, 0) is 33.5 Å². The van der Waals surface area contributed by atoms with Gasteiger partial charge in [0.2, 0.25) is 0 Å². The van der Waals surface area contributed by atoms with E-state index < -0.39 is 17.0 Å². The Balaban J connectivity index is 6.20. The smallest absolute Gasteiger partial charge is 0.277 e. The van der Waals surface area contributed by atoms with Crippen LogP contribution >= 0.6 is 0 Å². The fourth-order valence-corrected chi connectivity index (χ4v) is 4.10. The molecule has 23 heavy (non-hydrogen) atoms. The fraction of sp³-hybridized carbons (Fsp3) is 1.00. The summed E-state index contributed by atoms with van der Waals surface area (Å²) in [5.41, 5.74) is -1.13. The molecule has 0 aliphatic carbocycles. The lowest BCUT2D eigenvalue weighted by atomic mass is 10.1. The first kappa shape index (κ1) is 22.9. The first-order valence-electron chi connectivity index (χ1n) is 8.28. The van der Waals surface area contributed by atoms with Gasteiger partial charge in [-0.15, -0.1) is 0 Å². The van der Waals surface area contributed by atoms with Crippen LogP contribution in [-0.4, -0.2) is 67.4 Å². The Morgan fingerprint density at radius 2 is 1.09 bits per heavy atom. The van der Waals surface area contributed by atoms with Crippen LogP contribution in [0.1, 0.15) is 41.5 Å². The standard InChI is InChI=1S/C15H34O7Si/c1-8-17-13(6,22-16-7)14(18-9-2,19-10-3)15(23,20-11-4)21-12-5/h8-12H2,1-7,23H3. The van der Waals surface area contributed by atoms with Crippen molar-refractivity contribution in [1.82, 2.24) is 0 Å². The topological polar surface area (TPSA) is 64.6 Å². The van der Waals surface area contributed by atoms with Gasteiger partial charge in [-0.25, -0.2) is 4.89 Å². The SMILES string of the molecule is CCOC(C)(OOC)C(OCC)(OCC)C([SiH3])(OCC)OCC. The molecule has 0 radical (unpaired) electrons. The molecule has 0 bridgehead atoms. The molecule has 0 rings (SSSR count). The minimum atomic E-state index is -1.44. The van der Waals surface area contributed by atoms with E-state index in [1.54, 1.807) is 6.92 Å². The summed E-state index contributed by atoms with van der Waals surface area (Å²) in [4.78, 5) is 10.4. The van der Waals surface area contributed by atoms with Crippen molar-refractivity contribution < 1.29 is 33.5 Å². The molecule has 8 heteroatoms. The van der Waals surface area contributed by atoms with Gasteiger partial charge in [-0.05, 0) is 41.5 Å². The molecule has 0 heterocycles. The van der Waals surface area contributed by atoms with Crippen LogP contribution in [0.15, 0.2) is 0 Å². The zero-order valence-corrected chi connectivity index (χ0v) is 17.9. The summed E-state index contributed by atoms with van der Waals surface area (Å²) in [7, 11) is 1.87.